The van der Waals surface area contributed by atoms with E-state index >= 15 is 0 Å². The lowest BCUT2D eigenvalue weighted by molar-refractivity contribution is -0.123. The first kappa shape index (κ1) is 14.7. The zero-order valence-corrected chi connectivity index (χ0v) is 11.4. The number of carbonyl (C=O) groups is 1. The third-order valence-corrected chi connectivity index (χ3v) is 2.98. The number of hydrogen-bond donors (Lipinski definition) is 2. The predicted octanol–water partition coefficient (Wildman–Crippen LogP) is 2.25. The van der Waals surface area contributed by atoms with Crippen LogP contribution in [0.5, 0.6) is 0 Å². The number of carbonyl (C=O) groups excluding carboxylic acids is 1. The highest BCUT2D eigenvalue weighted by Crippen LogP contribution is 2.04. The molecule has 0 aliphatic carbocycles. The van der Waals surface area contributed by atoms with Gasteiger partial charge in [-0.15, -0.1) is 0 Å². The molecule has 2 unspecified atom stereocenters. The molecule has 1 aromatic rings. The summed E-state index contributed by atoms with van der Waals surface area (Å²) in [6, 6.07) is 9.90. The van der Waals surface area contributed by atoms with Crippen molar-refractivity contribution in [3.8, 4) is 0 Å². The van der Waals surface area contributed by atoms with E-state index in [1.807, 2.05) is 25.1 Å². The molecule has 3 N–H and O–H groups in total. The molecule has 1 aromatic carbocycles. The lowest BCUT2D eigenvalue weighted by atomic mass is 10.1. The number of hydrogen-bond acceptors (Lipinski definition) is 2. The summed E-state index contributed by atoms with van der Waals surface area (Å²) in [4.78, 5) is 11.8. The lowest BCUT2D eigenvalue weighted by Crippen LogP contribution is -2.45. The van der Waals surface area contributed by atoms with Crippen molar-refractivity contribution >= 4 is 5.91 Å². The SMILES string of the molecule is CCCCC(N)C(=O)NC(C)Cc1ccccc1. The van der Waals surface area contributed by atoms with Crippen molar-refractivity contribution in [1.29, 1.82) is 0 Å². The van der Waals surface area contributed by atoms with E-state index in [-0.39, 0.29) is 18.0 Å². The van der Waals surface area contributed by atoms with E-state index < -0.39 is 0 Å². The molecule has 0 aliphatic rings. The predicted molar refractivity (Wildman–Crippen MR) is 75.3 cm³/mol. The van der Waals surface area contributed by atoms with E-state index in [9.17, 15) is 4.79 Å². The molecule has 0 saturated carbocycles. The molecule has 18 heavy (non-hydrogen) atoms. The van der Waals surface area contributed by atoms with Gasteiger partial charge in [0, 0.05) is 6.04 Å². The second-order valence-corrected chi connectivity index (χ2v) is 4.85. The fourth-order valence-corrected chi connectivity index (χ4v) is 1.92. The van der Waals surface area contributed by atoms with Crippen LogP contribution in [0.2, 0.25) is 0 Å². The van der Waals surface area contributed by atoms with Crippen LogP contribution in [0.15, 0.2) is 30.3 Å². The molecule has 1 rings (SSSR count). The monoisotopic (exact) mass is 248 g/mol. The Morgan fingerprint density at radius 3 is 2.61 bits per heavy atom. The van der Waals surface area contributed by atoms with Crippen molar-refractivity contribution in [3.05, 3.63) is 35.9 Å². The third-order valence-electron chi connectivity index (χ3n) is 2.98. The van der Waals surface area contributed by atoms with Crippen molar-refractivity contribution in [2.24, 2.45) is 5.73 Å². The highest BCUT2D eigenvalue weighted by molar-refractivity contribution is 5.81. The second kappa shape index (κ2) is 7.88. The summed E-state index contributed by atoms with van der Waals surface area (Å²) in [5.41, 5.74) is 7.06. The molecule has 100 valence electrons. The van der Waals surface area contributed by atoms with E-state index in [1.54, 1.807) is 0 Å². The standard InChI is InChI=1S/C15H24N2O/c1-3-4-10-14(16)15(18)17-12(2)11-13-8-6-5-7-9-13/h5-9,12,14H,3-4,10-11,16H2,1-2H3,(H,17,18). The highest BCUT2D eigenvalue weighted by Gasteiger charge is 2.15. The van der Waals surface area contributed by atoms with Crippen LogP contribution >= 0.6 is 0 Å². The molecule has 3 nitrogen and oxygen atoms in total. The van der Waals surface area contributed by atoms with Gasteiger partial charge in [0.1, 0.15) is 0 Å². The van der Waals surface area contributed by atoms with Gasteiger partial charge < -0.3 is 11.1 Å². The Morgan fingerprint density at radius 2 is 2.00 bits per heavy atom. The van der Waals surface area contributed by atoms with Gasteiger partial charge in [0.15, 0.2) is 0 Å². The Bertz CT molecular complexity index is 351. The van der Waals surface area contributed by atoms with E-state index in [1.165, 1.54) is 5.56 Å². The molecule has 0 aliphatic heterocycles. The van der Waals surface area contributed by atoms with E-state index in [2.05, 4.69) is 24.4 Å². The summed E-state index contributed by atoms with van der Waals surface area (Å²) in [6.07, 6.45) is 3.68. The van der Waals surface area contributed by atoms with Gasteiger partial charge in [0.2, 0.25) is 5.91 Å². The molecule has 1 amide bonds. The quantitative estimate of drug-likeness (QED) is 0.777. The highest BCUT2D eigenvalue weighted by atomic mass is 16.2. The maximum Gasteiger partial charge on any atom is 0.237 e. The number of rotatable bonds is 7. The molecule has 2 atom stereocenters. The molecular weight excluding hydrogens is 224 g/mol. The summed E-state index contributed by atoms with van der Waals surface area (Å²) >= 11 is 0. The molecule has 0 aromatic heterocycles. The maximum atomic E-state index is 11.8. The van der Waals surface area contributed by atoms with Crippen molar-refractivity contribution in [2.45, 2.75) is 51.6 Å². The van der Waals surface area contributed by atoms with Gasteiger partial charge >= 0.3 is 0 Å². The maximum absolute atomic E-state index is 11.8. The average Bonchev–Trinajstić information content (AvgIpc) is 2.36. The second-order valence-electron chi connectivity index (χ2n) is 4.85. The van der Waals surface area contributed by atoms with Gasteiger partial charge in [-0.25, -0.2) is 0 Å². The normalized spacial score (nSPS) is 13.9. The number of nitrogens with two attached hydrogens (primary N) is 1. The molecule has 0 spiro atoms. The van der Waals surface area contributed by atoms with Crippen LogP contribution < -0.4 is 11.1 Å². The fourth-order valence-electron chi connectivity index (χ4n) is 1.92. The Hall–Kier alpha value is -1.35. The fraction of sp³-hybridized carbons (Fsp3) is 0.533. The minimum atomic E-state index is -0.372. The van der Waals surface area contributed by atoms with Gasteiger partial charge in [-0.05, 0) is 25.3 Å². The lowest BCUT2D eigenvalue weighted by Gasteiger charge is -2.17. The van der Waals surface area contributed by atoms with Crippen molar-refractivity contribution < 1.29 is 4.79 Å². The van der Waals surface area contributed by atoms with Crippen molar-refractivity contribution in [2.75, 3.05) is 0 Å². The summed E-state index contributed by atoms with van der Waals surface area (Å²) in [5.74, 6) is -0.0353. The molecule has 0 radical (unpaired) electrons. The largest absolute Gasteiger partial charge is 0.352 e. The Kier molecular flexibility index (Phi) is 6.44. The third kappa shape index (κ3) is 5.32. The Balaban J connectivity index is 2.35. The Morgan fingerprint density at radius 1 is 1.33 bits per heavy atom. The average molecular weight is 248 g/mol. The van der Waals surface area contributed by atoms with Crippen molar-refractivity contribution in [3.63, 3.8) is 0 Å². The van der Waals surface area contributed by atoms with Crippen LogP contribution in [-0.2, 0) is 11.2 Å². The van der Waals surface area contributed by atoms with E-state index in [0.717, 1.165) is 25.7 Å². The smallest absolute Gasteiger partial charge is 0.237 e. The summed E-state index contributed by atoms with van der Waals surface area (Å²) in [6.45, 7) is 4.11. The number of amides is 1. The summed E-state index contributed by atoms with van der Waals surface area (Å²) in [5, 5.41) is 2.97. The first-order valence-electron chi connectivity index (χ1n) is 6.73. The van der Waals surface area contributed by atoms with E-state index in [4.69, 9.17) is 5.73 Å². The zero-order valence-electron chi connectivity index (χ0n) is 11.4. The molecule has 0 fully saturated rings. The van der Waals surface area contributed by atoms with Gasteiger partial charge in [0.25, 0.3) is 0 Å². The number of unbranched alkanes of at least 4 members (excludes halogenated alkanes) is 1. The van der Waals surface area contributed by atoms with Crippen LogP contribution in [0.3, 0.4) is 0 Å². The zero-order chi connectivity index (χ0) is 13.4. The van der Waals surface area contributed by atoms with Crippen LogP contribution in [0, 0.1) is 0 Å². The van der Waals surface area contributed by atoms with Crippen molar-refractivity contribution in [1.82, 2.24) is 5.32 Å². The first-order chi connectivity index (χ1) is 8.63. The minimum absolute atomic E-state index is 0.0353. The molecule has 0 saturated heterocycles. The molecule has 0 heterocycles. The van der Waals surface area contributed by atoms with Crippen LogP contribution in [0.25, 0.3) is 0 Å². The molecule has 0 bridgehead atoms. The topological polar surface area (TPSA) is 55.1 Å². The van der Waals surface area contributed by atoms with Crippen LogP contribution in [-0.4, -0.2) is 18.0 Å². The Labute approximate surface area is 110 Å². The van der Waals surface area contributed by atoms with E-state index in [0.29, 0.717) is 0 Å². The first-order valence-corrected chi connectivity index (χ1v) is 6.73. The molecule has 3 heteroatoms. The number of benzene rings is 1. The number of nitrogens with one attached hydrogen (secondary N) is 1. The van der Waals surface area contributed by atoms with Gasteiger partial charge in [-0.3, -0.25) is 4.79 Å². The van der Waals surface area contributed by atoms with Crippen LogP contribution in [0.1, 0.15) is 38.7 Å². The van der Waals surface area contributed by atoms with Gasteiger partial charge in [0.05, 0.1) is 6.04 Å². The van der Waals surface area contributed by atoms with Crippen LogP contribution in [0.4, 0.5) is 0 Å². The summed E-state index contributed by atoms with van der Waals surface area (Å²) in [7, 11) is 0. The summed E-state index contributed by atoms with van der Waals surface area (Å²) < 4.78 is 0. The molecular formula is C15H24N2O. The van der Waals surface area contributed by atoms with Gasteiger partial charge in [-0.2, -0.15) is 0 Å². The minimum Gasteiger partial charge on any atom is -0.352 e. The van der Waals surface area contributed by atoms with Gasteiger partial charge in [-0.1, -0.05) is 50.1 Å².